The predicted molar refractivity (Wildman–Crippen MR) is 79.1 cm³/mol. The van der Waals surface area contributed by atoms with E-state index in [0.29, 0.717) is 5.92 Å². The Hall–Kier alpha value is -1.48. The van der Waals surface area contributed by atoms with Gasteiger partial charge in [-0.3, -0.25) is 0 Å². The standard InChI is InChI=1S/C16H22N2O/c1-11-16(12-6-8-17-9-7-12)14-5-4-13(19-3)10-15(14)18(11)2/h4-5,10,12,17H,6-9H2,1-3H3. The van der Waals surface area contributed by atoms with Crippen LogP contribution in [0.15, 0.2) is 18.2 Å². The van der Waals surface area contributed by atoms with E-state index in [2.05, 4.69) is 42.1 Å². The van der Waals surface area contributed by atoms with E-state index in [-0.39, 0.29) is 0 Å². The van der Waals surface area contributed by atoms with Gasteiger partial charge >= 0.3 is 0 Å². The number of methoxy groups -OCH3 is 1. The van der Waals surface area contributed by atoms with E-state index in [1.807, 2.05) is 0 Å². The molecule has 0 saturated carbocycles. The highest BCUT2D eigenvalue weighted by Gasteiger charge is 2.22. The number of aromatic nitrogens is 1. The minimum Gasteiger partial charge on any atom is -0.497 e. The number of rotatable bonds is 2. The van der Waals surface area contributed by atoms with Gasteiger partial charge in [0.15, 0.2) is 0 Å². The number of aryl methyl sites for hydroxylation is 1. The van der Waals surface area contributed by atoms with Crippen LogP contribution >= 0.6 is 0 Å². The van der Waals surface area contributed by atoms with Crippen LogP contribution in [0.4, 0.5) is 0 Å². The second-order valence-corrected chi connectivity index (χ2v) is 5.47. The molecule has 1 aromatic carbocycles. The quantitative estimate of drug-likeness (QED) is 0.896. The van der Waals surface area contributed by atoms with Gasteiger partial charge in [-0.05, 0) is 56.5 Å². The predicted octanol–water partition coefficient (Wildman–Crippen LogP) is 2.96. The van der Waals surface area contributed by atoms with Gasteiger partial charge in [-0.25, -0.2) is 0 Å². The van der Waals surface area contributed by atoms with E-state index in [1.165, 1.54) is 29.4 Å². The van der Waals surface area contributed by atoms with Gasteiger partial charge < -0.3 is 14.6 Å². The number of hydrogen-bond acceptors (Lipinski definition) is 2. The summed E-state index contributed by atoms with van der Waals surface area (Å²) in [5.41, 5.74) is 4.22. The summed E-state index contributed by atoms with van der Waals surface area (Å²) in [4.78, 5) is 0. The first-order valence-corrected chi connectivity index (χ1v) is 7.06. The minimum absolute atomic E-state index is 0.693. The molecule has 0 spiro atoms. The molecule has 0 unspecified atom stereocenters. The SMILES string of the molecule is COc1ccc2c(C3CCNCC3)c(C)n(C)c2c1. The zero-order chi connectivity index (χ0) is 13.4. The molecule has 3 nitrogen and oxygen atoms in total. The molecule has 3 heteroatoms. The fourth-order valence-electron chi connectivity index (χ4n) is 3.33. The normalized spacial score (nSPS) is 17.0. The van der Waals surface area contributed by atoms with Crippen molar-refractivity contribution in [1.82, 2.24) is 9.88 Å². The Bertz CT molecular complexity index is 594. The third kappa shape index (κ3) is 2.02. The number of piperidine rings is 1. The highest BCUT2D eigenvalue weighted by atomic mass is 16.5. The molecule has 0 amide bonds. The van der Waals surface area contributed by atoms with E-state index in [4.69, 9.17) is 4.74 Å². The van der Waals surface area contributed by atoms with Crippen LogP contribution in [-0.4, -0.2) is 24.8 Å². The van der Waals surface area contributed by atoms with E-state index in [0.717, 1.165) is 18.8 Å². The summed E-state index contributed by atoms with van der Waals surface area (Å²) in [5.74, 6) is 1.63. The van der Waals surface area contributed by atoms with Crippen molar-refractivity contribution in [3.05, 3.63) is 29.5 Å². The van der Waals surface area contributed by atoms with Gasteiger partial charge in [-0.1, -0.05) is 0 Å². The van der Waals surface area contributed by atoms with E-state index in [9.17, 15) is 0 Å². The summed E-state index contributed by atoms with van der Waals surface area (Å²) in [6, 6.07) is 6.44. The molecule has 1 saturated heterocycles. The molecule has 2 heterocycles. The van der Waals surface area contributed by atoms with Gasteiger partial charge in [-0.2, -0.15) is 0 Å². The molecule has 2 aromatic rings. The van der Waals surface area contributed by atoms with Crippen molar-refractivity contribution >= 4 is 10.9 Å². The molecule has 1 N–H and O–H groups in total. The number of nitrogens with zero attached hydrogens (tertiary/aromatic N) is 1. The third-order valence-electron chi connectivity index (χ3n) is 4.50. The monoisotopic (exact) mass is 258 g/mol. The van der Waals surface area contributed by atoms with Crippen molar-refractivity contribution in [3.8, 4) is 5.75 Å². The van der Waals surface area contributed by atoms with Crippen molar-refractivity contribution in [2.45, 2.75) is 25.7 Å². The molecule has 0 radical (unpaired) electrons. The lowest BCUT2D eigenvalue weighted by Crippen LogP contribution is -2.26. The average Bonchev–Trinajstić information content (AvgIpc) is 2.71. The van der Waals surface area contributed by atoms with Gasteiger partial charge in [0.05, 0.1) is 12.6 Å². The van der Waals surface area contributed by atoms with E-state index in [1.54, 1.807) is 12.7 Å². The molecule has 1 aliphatic rings. The van der Waals surface area contributed by atoms with Crippen LogP contribution < -0.4 is 10.1 Å². The van der Waals surface area contributed by atoms with Crippen molar-refractivity contribution in [3.63, 3.8) is 0 Å². The zero-order valence-electron chi connectivity index (χ0n) is 12.0. The third-order valence-corrected chi connectivity index (χ3v) is 4.50. The molecule has 3 rings (SSSR count). The average molecular weight is 258 g/mol. The number of ether oxygens (including phenoxy) is 1. The lowest BCUT2D eigenvalue weighted by molar-refractivity contribution is 0.415. The maximum Gasteiger partial charge on any atom is 0.120 e. The molecule has 0 atom stereocenters. The summed E-state index contributed by atoms with van der Waals surface area (Å²) >= 11 is 0. The Morgan fingerprint density at radius 2 is 2.00 bits per heavy atom. The summed E-state index contributed by atoms with van der Waals surface area (Å²) in [6.07, 6.45) is 2.48. The van der Waals surface area contributed by atoms with Crippen LogP contribution in [0.1, 0.15) is 30.0 Å². The van der Waals surface area contributed by atoms with Crippen LogP contribution in [0.2, 0.25) is 0 Å². The van der Waals surface area contributed by atoms with Crippen LogP contribution in [-0.2, 0) is 7.05 Å². The summed E-state index contributed by atoms with van der Waals surface area (Å²) in [6.45, 7) is 4.51. The minimum atomic E-state index is 0.693. The van der Waals surface area contributed by atoms with Crippen molar-refractivity contribution in [1.29, 1.82) is 0 Å². The first-order chi connectivity index (χ1) is 9.22. The highest BCUT2D eigenvalue weighted by molar-refractivity contribution is 5.87. The lowest BCUT2D eigenvalue weighted by Gasteiger charge is -2.23. The van der Waals surface area contributed by atoms with Crippen LogP contribution in [0.5, 0.6) is 5.75 Å². The Labute approximate surface area is 114 Å². The zero-order valence-corrected chi connectivity index (χ0v) is 12.0. The maximum atomic E-state index is 5.35. The Balaban J connectivity index is 2.15. The Morgan fingerprint density at radius 3 is 2.68 bits per heavy atom. The summed E-state index contributed by atoms with van der Waals surface area (Å²) in [7, 11) is 3.88. The van der Waals surface area contributed by atoms with Crippen LogP contribution in [0.3, 0.4) is 0 Å². The van der Waals surface area contributed by atoms with Gasteiger partial charge in [0.2, 0.25) is 0 Å². The van der Waals surface area contributed by atoms with Gasteiger partial charge in [0.25, 0.3) is 0 Å². The molecular formula is C16H22N2O. The second-order valence-electron chi connectivity index (χ2n) is 5.47. The summed E-state index contributed by atoms with van der Waals surface area (Å²) in [5, 5.41) is 4.85. The smallest absolute Gasteiger partial charge is 0.120 e. The molecule has 1 aromatic heterocycles. The molecule has 0 bridgehead atoms. The maximum absolute atomic E-state index is 5.35. The van der Waals surface area contributed by atoms with E-state index >= 15 is 0 Å². The number of benzene rings is 1. The fraction of sp³-hybridized carbons (Fsp3) is 0.500. The van der Waals surface area contributed by atoms with Crippen molar-refractivity contribution in [2.75, 3.05) is 20.2 Å². The molecule has 1 fully saturated rings. The fourth-order valence-corrected chi connectivity index (χ4v) is 3.33. The van der Waals surface area contributed by atoms with Gasteiger partial charge in [0, 0.05) is 24.2 Å². The largest absolute Gasteiger partial charge is 0.497 e. The van der Waals surface area contributed by atoms with E-state index < -0.39 is 0 Å². The van der Waals surface area contributed by atoms with Crippen molar-refractivity contribution < 1.29 is 4.74 Å². The molecular weight excluding hydrogens is 236 g/mol. The van der Waals surface area contributed by atoms with Gasteiger partial charge in [-0.15, -0.1) is 0 Å². The number of nitrogens with one attached hydrogen (secondary N) is 1. The molecule has 1 aliphatic heterocycles. The van der Waals surface area contributed by atoms with Crippen molar-refractivity contribution in [2.24, 2.45) is 7.05 Å². The second kappa shape index (κ2) is 4.89. The summed E-state index contributed by atoms with van der Waals surface area (Å²) < 4.78 is 7.65. The molecule has 0 aliphatic carbocycles. The first-order valence-electron chi connectivity index (χ1n) is 7.06. The lowest BCUT2D eigenvalue weighted by atomic mass is 9.88. The molecule has 102 valence electrons. The van der Waals surface area contributed by atoms with Crippen LogP contribution in [0, 0.1) is 6.92 Å². The highest BCUT2D eigenvalue weighted by Crippen LogP contribution is 2.36. The topological polar surface area (TPSA) is 26.2 Å². The Morgan fingerprint density at radius 1 is 1.26 bits per heavy atom. The van der Waals surface area contributed by atoms with Gasteiger partial charge in [0.1, 0.15) is 5.75 Å². The number of fused-ring (bicyclic) bond motifs is 1. The Kier molecular flexibility index (Phi) is 3.23. The number of hydrogen-bond donors (Lipinski definition) is 1. The molecule has 19 heavy (non-hydrogen) atoms. The first kappa shape index (κ1) is 12.5. The van der Waals surface area contributed by atoms with Crippen LogP contribution in [0.25, 0.3) is 10.9 Å².